The first-order chi connectivity index (χ1) is 9.60. The van der Waals surface area contributed by atoms with E-state index < -0.39 is 0 Å². The van der Waals surface area contributed by atoms with Crippen LogP contribution in [0.3, 0.4) is 0 Å². The first kappa shape index (κ1) is 14.5. The predicted molar refractivity (Wildman–Crippen MR) is 78.4 cm³/mol. The van der Waals surface area contributed by atoms with E-state index in [1.807, 2.05) is 32.0 Å². The van der Waals surface area contributed by atoms with Crippen molar-refractivity contribution in [1.82, 2.24) is 4.90 Å². The second-order valence-corrected chi connectivity index (χ2v) is 5.11. The Hall–Kier alpha value is -1.91. The van der Waals surface area contributed by atoms with Gasteiger partial charge in [0.15, 0.2) is 0 Å². The average molecular weight is 278 g/mol. The van der Waals surface area contributed by atoms with Crippen molar-refractivity contribution in [3.8, 4) is 5.75 Å². The highest BCUT2D eigenvalue weighted by molar-refractivity contribution is 5.68. The van der Waals surface area contributed by atoms with Crippen molar-refractivity contribution in [3.05, 3.63) is 24.3 Å². The molecule has 1 aromatic rings. The number of benzene rings is 1. The molecule has 1 heterocycles. The van der Waals surface area contributed by atoms with Gasteiger partial charge in [-0.3, -0.25) is 0 Å². The van der Waals surface area contributed by atoms with Crippen LogP contribution in [-0.2, 0) is 4.74 Å². The summed E-state index contributed by atoms with van der Waals surface area (Å²) < 4.78 is 10.5. The summed E-state index contributed by atoms with van der Waals surface area (Å²) in [5.41, 5.74) is 1.13. The lowest BCUT2D eigenvalue weighted by Crippen LogP contribution is -2.49. The summed E-state index contributed by atoms with van der Waals surface area (Å²) in [6, 6.07) is 7.99. The van der Waals surface area contributed by atoms with Gasteiger partial charge in [0.1, 0.15) is 5.75 Å². The van der Waals surface area contributed by atoms with E-state index >= 15 is 0 Å². The number of carbonyl (C=O) groups is 1. The number of methoxy groups -OCH3 is 1. The molecule has 1 saturated heterocycles. The lowest BCUT2D eigenvalue weighted by molar-refractivity contribution is 0.0751. The number of ether oxygens (including phenoxy) is 2. The van der Waals surface area contributed by atoms with Gasteiger partial charge in [-0.15, -0.1) is 0 Å². The summed E-state index contributed by atoms with van der Waals surface area (Å²) in [6.07, 6.45) is -0.288. The van der Waals surface area contributed by atoms with Gasteiger partial charge in [0.25, 0.3) is 0 Å². The Balaban J connectivity index is 1.92. The van der Waals surface area contributed by atoms with Crippen molar-refractivity contribution < 1.29 is 14.3 Å². The van der Waals surface area contributed by atoms with Gasteiger partial charge in [-0.1, -0.05) is 6.07 Å². The highest BCUT2D eigenvalue weighted by atomic mass is 16.6. The van der Waals surface area contributed by atoms with Gasteiger partial charge in [-0.05, 0) is 26.0 Å². The van der Waals surface area contributed by atoms with Crippen LogP contribution >= 0.6 is 0 Å². The maximum Gasteiger partial charge on any atom is 0.410 e. The van der Waals surface area contributed by atoms with Crippen LogP contribution < -0.4 is 9.64 Å². The first-order valence-electron chi connectivity index (χ1n) is 6.94. The fourth-order valence-electron chi connectivity index (χ4n) is 2.23. The van der Waals surface area contributed by atoms with E-state index in [-0.39, 0.29) is 12.2 Å². The standard InChI is InChI=1S/C15H22N2O3/c1-12(2)20-15(18)17-9-7-16(8-10-17)13-5-4-6-14(11-13)19-3/h4-6,11-12H,7-10H2,1-3H3. The van der Waals surface area contributed by atoms with Crippen LogP contribution in [0.2, 0.25) is 0 Å². The predicted octanol–water partition coefficient (Wildman–Crippen LogP) is 2.36. The van der Waals surface area contributed by atoms with Crippen molar-refractivity contribution in [3.63, 3.8) is 0 Å². The molecule has 110 valence electrons. The number of piperazine rings is 1. The highest BCUT2D eigenvalue weighted by Gasteiger charge is 2.23. The van der Waals surface area contributed by atoms with Crippen molar-refractivity contribution in [1.29, 1.82) is 0 Å². The molecule has 1 aliphatic rings. The smallest absolute Gasteiger partial charge is 0.410 e. The molecular formula is C15H22N2O3. The third-order valence-corrected chi connectivity index (χ3v) is 3.29. The van der Waals surface area contributed by atoms with E-state index in [2.05, 4.69) is 11.0 Å². The van der Waals surface area contributed by atoms with Gasteiger partial charge in [0.05, 0.1) is 13.2 Å². The monoisotopic (exact) mass is 278 g/mol. The molecule has 0 aliphatic carbocycles. The van der Waals surface area contributed by atoms with E-state index in [0.717, 1.165) is 24.5 Å². The maximum atomic E-state index is 11.8. The molecule has 0 aromatic heterocycles. The van der Waals surface area contributed by atoms with Gasteiger partial charge < -0.3 is 19.3 Å². The quantitative estimate of drug-likeness (QED) is 0.851. The maximum absolute atomic E-state index is 11.8. The largest absolute Gasteiger partial charge is 0.497 e. The molecule has 0 spiro atoms. The van der Waals surface area contributed by atoms with Gasteiger partial charge in [0, 0.05) is 37.9 Å². The summed E-state index contributed by atoms with van der Waals surface area (Å²) >= 11 is 0. The number of anilines is 1. The molecule has 0 unspecified atom stereocenters. The molecule has 0 saturated carbocycles. The normalized spacial score (nSPS) is 15.4. The van der Waals surface area contributed by atoms with Gasteiger partial charge in [-0.25, -0.2) is 4.79 Å². The Morgan fingerprint density at radius 3 is 2.50 bits per heavy atom. The first-order valence-corrected chi connectivity index (χ1v) is 6.94. The average Bonchev–Trinajstić information content (AvgIpc) is 2.47. The zero-order chi connectivity index (χ0) is 14.5. The summed E-state index contributed by atoms with van der Waals surface area (Å²) in [5, 5.41) is 0. The Kier molecular flexibility index (Phi) is 4.71. The lowest BCUT2D eigenvalue weighted by atomic mass is 10.2. The molecular weight excluding hydrogens is 256 g/mol. The molecule has 1 fully saturated rings. The summed E-state index contributed by atoms with van der Waals surface area (Å²) in [6.45, 7) is 6.71. The van der Waals surface area contributed by atoms with E-state index in [9.17, 15) is 4.79 Å². The zero-order valence-corrected chi connectivity index (χ0v) is 12.3. The van der Waals surface area contributed by atoms with Crippen LogP contribution in [0.5, 0.6) is 5.75 Å². The molecule has 0 atom stereocenters. The van der Waals surface area contributed by atoms with E-state index in [0.29, 0.717) is 13.1 Å². The highest BCUT2D eigenvalue weighted by Crippen LogP contribution is 2.22. The third kappa shape index (κ3) is 3.56. The summed E-state index contributed by atoms with van der Waals surface area (Å²) in [4.78, 5) is 15.8. The molecule has 1 amide bonds. The Morgan fingerprint density at radius 2 is 1.90 bits per heavy atom. The van der Waals surface area contributed by atoms with Crippen molar-refractivity contribution >= 4 is 11.8 Å². The van der Waals surface area contributed by atoms with Gasteiger partial charge in [-0.2, -0.15) is 0 Å². The molecule has 5 nitrogen and oxygen atoms in total. The fraction of sp³-hybridized carbons (Fsp3) is 0.533. The topological polar surface area (TPSA) is 42.0 Å². The van der Waals surface area contributed by atoms with Crippen LogP contribution in [-0.4, -0.2) is 50.4 Å². The summed E-state index contributed by atoms with van der Waals surface area (Å²) in [7, 11) is 1.67. The molecule has 0 radical (unpaired) electrons. The molecule has 1 aliphatic heterocycles. The Bertz CT molecular complexity index is 454. The lowest BCUT2D eigenvalue weighted by Gasteiger charge is -2.35. The number of hydrogen-bond acceptors (Lipinski definition) is 4. The second-order valence-electron chi connectivity index (χ2n) is 5.11. The van der Waals surface area contributed by atoms with Crippen LogP contribution in [0.4, 0.5) is 10.5 Å². The van der Waals surface area contributed by atoms with Gasteiger partial charge in [0.2, 0.25) is 0 Å². The van der Waals surface area contributed by atoms with Crippen molar-refractivity contribution in [2.75, 3.05) is 38.2 Å². The Labute approximate surface area is 120 Å². The molecule has 0 N–H and O–H groups in total. The Morgan fingerprint density at radius 1 is 1.20 bits per heavy atom. The minimum atomic E-state index is -0.217. The number of hydrogen-bond donors (Lipinski definition) is 0. The molecule has 0 bridgehead atoms. The third-order valence-electron chi connectivity index (χ3n) is 3.29. The summed E-state index contributed by atoms with van der Waals surface area (Å²) in [5.74, 6) is 0.851. The van der Waals surface area contributed by atoms with Crippen molar-refractivity contribution in [2.24, 2.45) is 0 Å². The van der Waals surface area contributed by atoms with E-state index in [1.54, 1.807) is 12.0 Å². The minimum Gasteiger partial charge on any atom is -0.497 e. The molecule has 20 heavy (non-hydrogen) atoms. The van der Waals surface area contributed by atoms with Crippen LogP contribution in [0, 0.1) is 0 Å². The van der Waals surface area contributed by atoms with Crippen LogP contribution in [0.1, 0.15) is 13.8 Å². The van der Waals surface area contributed by atoms with E-state index in [1.165, 1.54) is 0 Å². The second kappa shape index (κ2) is 6.50. The van der Waals surface area contributed by atoms with Crippen LogP contribution in [0.15, 0.2) is 24.3 Å². The fourth-order valence-corrected chi connectivity index (χ4v) is 2.23. The molecule has 2 rings (SSSR count). The SMILES string of the molecule is COc1cccc(N2CCN(C(=O)OC(C)C)CC2)c1. The number of rotatable bonds is 3. The zero-order valence-electron chi connectivity index (χ0n) is 12.3. The number of carbonyl (C=O) groups excluding carboxylic acids is 1. The molecule has 1 aromatic carbocycles. The van der Waals surface area contributed by atoms with Crippen molar-refractivity contribution in [2.45, 2.75) is 20.0 Å². The minimum absolute atomic E-state index is 0.0704. The molecule has 5 heteroatoms. The van der Waals surface area contributed by atoms with Crippen LogP contribution in [0.25, 0.3) is 0 Å². The van der Waals surface area contributed by atoms with Gasteiger partial charge >= 0.3 is 6.09 Å². The number of amides is 1. The van der Waals surface area contributed by atoms with E-state index in [4.69, 9.17) is 9.47 Å². The number of nitrogens with zero attached hydrogens (tertiary/aromatic N) is 2.